The molecule has 3 nitrogen and oxygen atoms in total. The van der Waals surface area contributed by atoms with Gasteiger partial charge in [-0.25, -0.2) is 0 Å². The van der Waals surface area contributed by atoms with Gasteiger partial charge in [-0.3, -0.25) is 9.59 Å². The molecule has 120 valence electrons. The van der Waals surface area contributed by atoms with Crippen molar-refractivity contribution in [3.05, 3.63) is 11.6 Å². The fraction of sp³-hybridized carbons (Fsp3) is 0.789. The minimum atomic E-state index is -0.788. The maximum atomic E-state index is 12.4. The van der Waals surface area contributed by atoms with Gasteiger partial charge in [0.15, 0.2) is 5.78 Å². The number of carbonyl (C=O) groups is 2. The molecule has 22 heavy (non-hydrogen) atoms. The van der Waals surface area contributed by atoms with E-state index in [0.29, 0.717) is 30.5 Å². The summed E-state index contributed by atoms with van der Waals surface area (Å²) in [5.41, 5.74) is 0.0459. The van der Waals surface area contributed by atoms with Crippen molar-refractivity contribution >= 4 is 11.6 Å². The van der Waals surface area contributed by atoms with Crippen LogP contribution in [0.5, 0.6) is 0 Å². The van der Waals surface area contributed by atoms with Crippen LogP contribution in [-0.2, 0) is 9.59 Å². The zero-order valence-corrected chi connectivity index (χ0v) is 13.6. The third-order valence-corrected chi connectivity index (χ3v) is 7.49. The van der Waals surface area contributed by atoms with E-state index >= 15 is 0 Å². The Morgan fingerprint density at radius 2 is 1.91 bits per heavy atom. The molecule has 0 aliphatic heterocycles. The first-order chi connectivity index (χ1) is 10.4. The van der Waals surface area contributed by atoms with E-state index < -0.39 is 5.60 Å². The predicted octanol–water partition coefficient (Wildman–Crippen LogP) is 3.06. The number of Topliss-reactive ketones (excluding diaryl/α,β-unsaturated/α-hetero) is 1. The summed E-state index contributed by atoms with van der Waals surface area (Å²) in [4.78, 5) is 24.2. The molecule has 3 fully saturated rings. The highest BCUT2D eigenvalue weighted by Crippen LogP contribution is 2.62. The van der Waals surface area contributed by atoms with Crippen molar-refractivity contribution in [3.8, 4) is 0 Å². The van der Waals surface area contributed by atoms with Crippen molar-refractivity contribution in [2.75, 3.05) is 0 Å². The van der Waals surface area contributed by atoms with Crippen molar-refractivity contribution in [2.45, 2.75) is 64.4 Å². The molecule has 0 bridgehead atoms. The van der Waals surface area contributed by atoms with Gasteiger partial charge in [0.25, 0.3) is 0 Å². The van der Waals surface area contributed by atoms with Crippen LogP contribution in [0.15, 0.2) is 11.6 Å². The summed E-state index contributed by atoms with van der Waals surface area (Å²) in [7, 11) is 0. The van der Waals surface area contributed by atoms with Gasteiger partial charge in [-0.2, -0.15) is 0 Å². The fourth-order valence-corrected chi connectivity index (χ4v) is 6.31. The molecule has 0 unspecified atom stereocenters. The van der Waals surface area contributed by atoms with Crippen LogP contribution in [0.3, 0.4) is 0 Å². The molecular formula is C19H26O3. The summed E-state index contributed by atoms with van der Waals surface area (Å²) in [6, 6.07) is 0. The maximum Gasteiger partial charge on any atom is 0.155 e. The first-order valence-corrected chi connectivity index (χ1v) is 8.87. The minimum Gasteiger partial charge on any atom is -0.385 e. The molecule has 6 atom stereocenters. The molecular weight excluding hydrogens is 276 g/mol. The van der Waals surface area contributed by atoms with Gasteiger partial charge in [0, 0.05) is 18.3 Å². The van der Waals surface area contributed by atoms with Gasteiger partial charge in [0.2, 0.25) is 0 Å². The second-order valence-corrected chi connectivity index (χ2v) is 8.42. The third-order valence-electron chi connectivity index (χ3n) is 7.49. The molecule has 3 heteroatoms. The second kappa shape index (κ2) is 4.53. The fourth-order valence-electron chi connectivity index (χ4n) is 6.31. The maximum absolute atomic E-state index is 12.4. The zero-order valence-electron chi connectivity index (χ0n) is 13.6. The highest BCUT2D eigenvalue weighted by Gasteiger charge is 2.61. The quantitative estimate of drug-likeness (QED) is 0.748. The summed E-state index contributed by atoms with van der Waals surface area (Å²) in [5.74, 6) is 1.98. The molecule has 1 N–H and O–H groups in total. The van der Waals surface area contributed by atoms with Gasteiger partial charge in [-0.15, -0.1) is 0 Å². The predicted molar refractivity (Wildman–Crippen MR) is 83.1 cm³/mol. The number of carbonyl (C=O) groups excluding carboxylic acids is 2. The Kier molecular flexibility index (Phi) is 3.01. The third kappa shape index (κ3) is 1.72. The van der Waals surface area contributed by atoms with Crippen LogP contribution in [0.25, 0.3) is 0 Å². The number of hydrogen-bond donors (Lipinski definition) is 1. The van der Waals surface area contributed by atoms with Gasteiger partial charge in [-0.1, -0.05) is 13.8 Å². The minimum absolute atomic E-state index is 0.150. The number of fused-ring (bicyclic) bond motifs is 5. The van der Waals surface area contributed by atoms with E-state index in [0.717, 1.165) is 37.7 Å². The van der Waals surface area contributed by atoms with E-state index in [2.05, 4.69) is 13.8 Å². The Morgan fingerprint density at radius 3 is 2.68 bits per heavy atom. The van der Waals surface area contributed by atoms with Crippen LogP contribution in [0, 0.1) is 29.1 Å². The Morgan fingerprint density at radius 1 is 1.14 bits per heavy atom. The normalized spacial score (nSPS) is 51.0. The number of ketones is 2. The summed E-state index contributed by atoms with van der Waals surface area (Å²) in [5, 5.41) is 11.4. The smallest absolute Gasteiger partial charge is 0.155 e. The molecule has 0 spiro atoms. The van der Waals surface area contributed by atoms with E-state index in [-0.39, 0.29) is 23.0 Å². The van der Waals surface area contributed by atoms with Crippen molar-refractivity contribution in [1.29, 1.82) is 0 Å². The van der Waals surface area contributed by atoms with Gasteiger partial charge in [-0.05, 0) is 67.4 Å². The summed E-state index contributed by atoms with van der Waals surface area (Å²) >= 11 is 0. The largest absolute Gasteiger partial charge is 0.385 e. The van der Waals surface area contributed by atoms with E-state index in [9.17, 15) is 14.7 Å². The lowest BCUT2D eigenvalue weighted by molar-refractivity contribution is -0.141. The lowest BCUT2D eigenvalue weighted by atomic mass is 9.49. The molecule has 0 radical (unpaired) electrons. The van der Waals surface area contributed by atoms with Crippen molar-refractivity contribution in [2.24, 2.45) is 29.1 Å². The van der Waals surface area contributed by atoms with Crippen LogP contribution in [0.2, 0.25) is 0 Å². The summed E-state index contributed by atoms with van der Waals surface area (Å²) in [6.45, 7) is 4.31. The van der Waals surface area contributed by atoms with Gasteiger partial charge >= 0.3 is 0 Å². The Labute approximate surface area is 132 Å². The molecule has 4 rings (SSSR count). The van der Waals surface area contributed by atoms with Gasteiger partial charge in [0.05, 0.1) is 5.60 Å². The molecule has 4 aliphatic rings. The number of aliphatic hydroxyl groups is 1. The molecule has 0 saturated heterocycles. The topological polar surface area (TPSA) is 54.4 Å². The molecule has 0 amide bonds. The first kappa shape index (κ1) is 14.6. The standard InChI is InChI=1S/C19H26O3/c1-11-9-13-14-3-4-17(21)18(14,2)7-6-15(13)19(22)8-5-12(20)10-16(11)19/h10-11,13-15,22H,3-9H2,1-2H3/t11-,13-,14-,15-,18-,19-/m0/s1. The van der Waals surface area contributed by atoms with E-state index in [4.69, 9.17) is 0 Å². The van der Waals surface area contributed by atoms with Crippen molar-refractivity contribution in [3.63, 3.8) is 0 Å². The molecule has 0 aromatic carbocycles. The second-order valence-electron chi connectivity index (χ2n) is 8.42. The molecule has 3 saturated carbocycles. The lowest BCUT2D eigenvalue weighted by Gasteiger charge is -2.57. The highest BCUT2D eigenvalue weighted by atomic mass is 16.3. The molecule has 0 heterocycles. The Balaban J connectivity index is 1.74. The summed E-state index contributed by atoms with van der Waals surface area (Å²) in [6.07, 6.45) is 7.37. The van der Waals surface area contributed by atoms with Gasteiger partial charge < -0.3 is 5.11 Å². The van der Waals surface area contributed by atoms with Crippen LogP contribution < -0.4 is 0 Å². The van der Waals surface area contributed by atoms with Crippen LogP contribution in [0.4, 0.5) is 0 Å². The molecule has 4 aliphatic carbocycles. The van der Waals surface area contributed by atoms with Crippen LogP contribution in [-0.4, -0.2) is 22.3 Å². The first-order valence-electron chi connectivity index (χ1n) is 8.87. The lowest BCUT2D eigenvalue weighted by Crippen LogP contribution is -2.57. The average molecular weight is 302 g/mol. The SMILES string of the molecule is C[C@H]1C[C@@H]2[C@H](CC[C@]3(C)C(=O)CC[C@@H]23)[C@@]2(O)CCC(=O)C=C12. The van der Waals surface area contributed by atoms with E-state index in [1.165, 1.54) is 0 Å². The van der Waals surface area contributed by atoms with Gasteiger partial charge in [0.1, 0.15) is 5.78 Å². The van der Waals surface area contributed by atoms with Crippen molar-refractivity contribution < 1.29 is 14.7 Å². The number of hydrogen-bond acceptors (Lipinski definition) is 3. The van der Waals surface area contributed by atoms with E-state index in [1.54, 1.807) is 6.08 Å². The molecule has 0 aromatic rings. The summed E-state index contributed by atoms with van der Waals surface area (Å²) < 4.78 is 0. The molecule has 0 aromatic heterocycles. The number of rotatable bonds is 0. The Bertz CT molecular complexity index is 577. The zero-order chi connectivity index (χ0) is 15.7. The van der Waals surface area contributed by atoms with Crippen molar-refractivity contribution in [1.82, 2.24) is 0 Å². The highest BCUT2D eigenvalue weighted by molar-refractivity contribution is 5.92. The average Bonchev–Trinajstić information content (AvgIpc) is 2.77. The van der Waals surface area contributed by atoms with Crippen LogP contribution in [0.1, 0.15) is 58.8 Å². The van der Waals surface area contributed by atoms with Crippen LogP contribution >= 0.6 is 0 Å². The van der Waals surface area contributed by atoms with E-state index in [1.807, 2.05) is 0 Å². The monoisotopic (exact) mass is 302 g/mol. The Hall–Kier alpha value is -0.960.